The van der Waals surface area contributed by atoms with Crippen LogP contribution < -0.4 is 4.83 Å². The molecule has 3 rings (SSSR count). The first-order valence-corrected chi connectivity index (χ1v) is 10.0. The van der Waals surface area contributed by atoms with Crippen LogP contribution in [0.15, 0.2) is 58.5 Å². The van der Waals surface area contributed by atoms with Crippen molar-refractivity contribution in [2.24, 2.45) is 5.10 Å². The average Bonchev–Trinajstić information content (AvgIpc) is 2.92. The molecule has 0 bridgehead atoms. The van der Waals surface area contributed by atoms with Crippen LogP contribution in [0, 0.1) is 27.7 Å². The van der Waals surface area contributed by atoms with Gasteiger partial charge in [-0.25, -0.2) is 9.51 Å². The monoisotopic (exact) mass is 382 g/mol. The fourth-order valence-electron chi connectivity index (χ4n) is 2.87. The summed E-state index contributed by atoms with van der Waals surface area (Å²) >= 11 is 0. The van der Waals surface area contributed by atoms with Crippen molar-refractivity contribution in [2.75, 3.05) is 0 Å². The fourth-order valence-corrected chi connectivity index (χ4v) is 3.99. The molecule has 6 nitrogen and oxygen atoms in total. The zero-order chi connectivity index (χ0) is 19.6. The van der Waals surface area contributed by atoms with Gasteiger partial charge in [0.15, 0.2) is 0 Å². The van der Waals surface area contributed by atoms with Gasteiger partial charge in [0, 0.05) is 5.56 Å². The maximum Gasteiger partial charge on any atom is 0.276 e. The first kappa shape index (κ1) is 18.8. The molecule has 0 aliphatic rings. The van der Waals surface area contributed by atoms with Crippen LogP contribution in [0.1, 0.15) is 28.1 Å². The van der Waals surface area contributed by atoms with Gasteiger partial charge in [-0.2, -0.15) is 18.6 Å². The van der Waals surface area contributed by atoms with E-state index in [0.717, 1.165) is 28.2 Å². The second kappa shape index (κ2) is 7.36. The molecule has 0 aliphatic carbocycles. The molecule has 0 aliphatic heterocycles. The number of hydrogen-bond donors (Lipinski definition) is 1. The first-order chi connectivity index (χ1) is 12.8. The predicted molar refractivity (Wildman–Crippen MR) is 107 cm³/mol. The van der Waals surface area contributed by atoms with Crippen LogP contribution in [0.2, 0.25) is 0 Å². The Morgan fingerprint density at radius 3 is 2.44 bits per heavy atom. The van der Waals surface area contributed by atoms with E-state index in [0.29, 0.717) is 5.56 Å². The molecule has 0 amide bonds. The van der Waals surface area contributed by atoms with Crippen LogP contribution in [-0.4, -0.2) is 24.4 Å². The highest BCUT2D eigenvalue weighted by Gasteiger charge is 2.16. The molecule has 0 radical (unpaired) electrons. The highest BCUT2D eigenvalue weighted by atomic mass is 32.2. The summed E-state index contributed by atoms with van der Waals surface area (Å²) in [6.07, 6.45) is 1.50. The minimum Gasteiger partial charge on any atom is -0.237 e. The second-order valence-electron chi connectivity index (χ2n) is 6.45. The zero-order valence-electron chi connectivity index (χ0n) is 15.8. The van der Waals surface area contributed by atoms with Crippen molar-refractivity contribution in [1.82, 2.24) is 14.6 Å². The largest absolute Gasteiger partial charge is 0.276 e. The van der Waals surface area contributed by atoms with E-state index in [4.69, 9.17) is 0 Å². The zero-order valence-corrected chi connectivity index (χ0v) is 16.6. The Morgan fingerprint density at radius 2 is 1.74 bits per heavy atom. The van der Waals surface area contributed by atoms with Gasteiger partial charge in [-0.15, -0.1) is 0 Å². The topological polar surface area (TPSA) is 76.3 Å². The predicted octanol–water partition coefficient (Wildman–Crippen LogP) is 3.42. The number of aryl methyl sites for hydroxylation is 3. The number of hydrazone groups is 1. The lowest BCUT2D eigenvalue weighted by Gasteiger charge is -2.07. The SMILES string of the molecule is Cc1ccc(C)c(S(=O)(=O)N/N=C\c2c(C)nn(-c3ccccc3)c2C)c1. The molecule has 0 saturated heterocycles. The Bertz CT molecular complexity index is 1100. The lowest BCUT2D eigenvalue weighted by Crippen LogP contribution is -2.19. The van der Waals surface area contributed by atoms with Crippen molar-refractivity contribution in [3.05, 3.63) is 76.6 Å². The maximum absolute atomic E-state index is 12.5. The second-order valence-corrected chi connectivity index (χ2v) is 8.08. The molecule has 27 heavy (non-hydrogen) atoms. The van der Waals surface area contributed by atoms with Gasteiger partial charge in [0.05, 0.1) is 28.2 Å². The Kier molecular flexibility index (Phi) is 5.14. The van der Waals surface area contributed by atoms with Gasteiger partial charge in [0.2, 0.25) is 0 Å². The summed E-state index contributed by atoms with van der Waals surface area (Å²) in [5.74, 6) is 0. The number of hydrogen-bond acceptors (Lipinski definition) is 4. The molecular weight excluding hydrogens is 360 g/mol. The molecule has 1 heterocycles. The van der Waals surface area contributed by atoms with Crippen molar-refractivity contribution >= 4 is 16.2 Å². The van der Waals surface area contributed by atoms with Crippen LogP contribution in [-0.2, 0) is 10.0 Å². The summed E-state index contributed by atoms with van der Waals surface area (Å²) in [6.45, 7) is 7.41. The van der Waals surface area contributed by atoms with Crippen molar-refractivity contribution < 1.29 is 8.42 Å². The van der Waals surface area contributed by atoms with Crippen molar-refractivity contribution in [1.29, 1.82) is 0 Å². The molecular formula is C20H22N4O2S. The van der Waals surface area contributed by atoms with Gasteiger partial charge in [-0.3, -0.25) is 0 Å². The number of benzene rings is 2. The summed E-state index contributed by atoms with van der Waals surface area (Å²) in [6, 6.07) is 15.0. The summed E-state index contributed by atoms with van der Waals surface area (Å²) in [5.41, 5.74) is 4.92. The molecule has 0 spiro atoms. The molecule has 0 unspecified atom stereocenters. The van der Waals surface area contributed by atoms with Crippen LogP contribution in [0.25, 0.3) is 5.69 Å². The Labute approximate surface area is 159 Å². The third kappa shape index (κ3) is 3.93. The van der Waals surface area contributed by atoms with E-state index in [2.05, 4.69) is 15.0 Å². The van der Waals surface area contributed by atoms with E-state index in [1.807, 2.05) is 61.9 Å². The normalized spacial score (nSPS) is 11.9. The minimum atomic E-state index is -3.73. The van der Waals surface area contributed by atoms with Gasteiger partial charge < -0.3 is 0 Å². The first-order valence-electron chi connectivity index (χ1n) is 8.53. The van der Waals surface area contributed by atoms with E-state index in [-0.39, 0.29) is 4.90 Å². The highest BCUT2D eigenvalue weighted by molar-refractivity contribution is 7.89. The minimum absolute atomic E-state index is 0.230. The molecule has 0 fully saturated rings. The Morgan fingerprint density at radius 1 is 1.04 bits per heavy atom. The number of nitrogens with one attached hydrogen (secondary N) is 1. The van der Waals surface area contributed by atoms with Gasteiger partial charge in [0.1, 0.15) is 0 Å². The quantitative estimate of drug-likeness (QED) is 0.543. The Hall–Kier alpha value is -2.93. The van der Waals surface area contributed by atoms with Gasteiger partial charge in [-0.05, 0) is 57.0 Å². The third-order valence-corrected chi connectivity index (χ3v) is 5.71. The summed E-state index contributed by atoms with van der Waals surface area (Å²) < 4.78 is 26.9. The lowest BCUT2D eigenvalue weighted by atomic mass is 10.2. The van der Waals surface area contributed by atoms with E-state index >= 15 is 0 Å². The van der Waals surface area contributed by atoms with Gasteiger partial charge in [-0.1, -0.05) is 30.3 Å². The molecule has 2 aromatic carbocycles. The molecule has 0 saturated carbocycles. The van der Waals surface area contributed by atoms with Gasteiger partial charge >= 0.3 is 0 Å². The highest BCUT2D eigenvalue weighted by Crippen LogP contribution is 2.18. The molecule has 7 heteroatoms. The van der Waals surface area contributed by atoms with E-state index in [9.17, 15) is 8.42 Å². The van der Waals surface area contributed by atoms with Crippen LogP contribution >= 0.6 is 0 Å². The molecule has 0 atom stereocenters. The average molecular weight is 382 g/mol. The van der Waals surface area contributed by atoms with Crippen molar-refractivity contribution in [3.8, 4) is 5.69 Å². The summed E-state index contributed by atoms with van der Waals surface area (Å²) in [5, 5.41) is 8.50. The van der Waals surface area contributed by atoms with E-state index < -0.39 is 10.0 Å². The van der Waals surface area contributed by atoms with Crippen LogP contribution in [0.3, 0.4) is 0 Å². The Balaban J connectivity index is 1.87. The van der Waals surface area contributed by atoms with E-state index in [1.165, 1.54) is 6.21 Å². The number of sulfonamides is 1. The van der Waals surface area contributed by atoms with Crippen LogP contribution in [0.5, 0.6) is 0 Å². The molecule has 3 aromatic rings. The molecule has 140 valence electrons. The maximum atomic E-state index is 12.5. The number of nitrogens with zero attached hydrogens (tertiary/aromatic N) is 3. The fraction of sp³-hybridized carbons (Fsp3) is 0.200. The number of aromatic nitrogens is 2. The molecule has 1 aromatic heterocycles. The lowest BCUT2D eigenvalue weighted by molar-refractivity contribution is 0.584. The summed E-state index contributed by atoms with van der Waals surface area (Å²) in [7, 11) is -3.73. The van der Waals surface area contributed by atoms with E-state index in [1.54, 1.807) is 19.1 Å². The third-order valence-electron chi connectivity index (χ3n) is 4.35. The van der Waals surface area contributed by atoms with Crippen molar-refractivity contribution in [2.45, 2.75) is 32.6 Å². The molecule has 1 N–H and O–H groups in total. The van der Waals surface area contributed by atoms with Crippen molar-refractivity contribution in [3.63, 3.8) is 0 Å². The number of rotatable bonds is 5. The number of para-hydroxylation sites is 1. The van der Waals surface area contributed by atoms with Crippen LogP contribution in [0.4, 0.5) is 0 Å². The summed E-state index contributed by atoms with van der Waals surface area (Å²) in [4.78, 5) is 2.53. The van der Waals surface area contributed by atoms with Gasteiger partial charge in [0.25, 0.3) is 10.0 Å². The standard InChI is InChI=1S/C20H22N4O2S/c1-14-10-11-15(2)20(12-14)27(25,26)23-21-13-19-16(3)22-24(17(19)4)18-8-6-5-7-9-18/h5-13,23H,1-4H3/b21-13-. The smallest absolute Gasteiger partial charge is 0.237 e.